The fraction of sp³-hybridized carbons (Fsp3) is 0. The molecule has 0 aliphatic heterocycles. The highest BCUT2D eigenvalue weighted by atomic mass is 32.2. The van der Waals surface area contributed by atoms with E-state index in [-0.39, 0.29) is 10.6 Å². The molecule has 0 aliphatic carbocycles. The highest BCUT2D eigenvalue weighted by Crippen LogP contribution is 2.18. The van der Waals surface area contributed by atoms with Crippen molar-refractivity contribution in [2.75, 3.05) is 0 Å². The summed E-state index contributed by atoms with van der Waals surface area (Å²) in [4.78, 5) is 12.4. The van der Waals surface area contributed by atoms with Crippen LogP contribution in [-0.2, 0) is 10.0 Å². The highest BCUT2D eigenvalue weighted by Gasteiger charge is 2.13. The Bertz CT molecular complexity index is 1080. The lowest BCUT2D eigenvalue weighted by Crippen LogP contribution is -2.18. The first-order chi connectivity index (χ1) is 12.0. The molecule has 7 nitrogen and oxygen atoms in total. The van der Waals surface area contributed by atoms with E-state index in [2.05, 4.69) is 9.93 Å². The zero-order valence-electron chi connectivity index (χ0n) is 12.9. The van der Waals surface area contributed by atoms with Crippen molar-refractivity contribution < 1.29 is 13.3 Å². The van der Waals surface area contributed by atoms with Crippen LogP contribution < -0.4 is 4.83 Å². The maximum Gasteiger partial charge on any atom is 0.276 e. The van der Waals surface area contributed by atoms with Crippen molar-refractivity contribution in [3.05, 3.63) is 82.4 Å². The van der Waals surface area contributed by atoms with Crippen molar-refractivity contribution in [2.45, 2.75) is 4.90 Å². The molecule has 1 N–H and O–H groups in total. The van der Waals surface area contributed by atoms with Crippen LogP contribution in [0.3, 0.4) is 0 Å². The molecular formula is C17H13N3O4S. The molecule has 0 amide bonds. The fourth-order valence-corrected chi connectivity index (χ4v) is 3.10. The second kappa shape index (κ2) is 6.70. The fourth-order valence-electron chi connectivity index (χ4n) is 2.28. The van der Waals surface area contributed by atoms with Gasteiger partial charge in [0.25, 0.3) is 15.7 Å². The van der Waals surface area contributed by atoms with Crippen LogP contribution in [0.15, 0.2) is 76.7 Å². The predicted octanol–water partition coefficient (Wildman–Crippen LogP) is 3.06. The van der Waals surface area contributed by atoms with Gasteiger partial charge in [-0.1, -0.05) is 42.5 Å². The van der Waals surface area contributed by atoms with Crippen LogP contribution in [-0.4, -0.2) is 19.6 Å². The predicted molar refractivity (Wildman–Crippen MR) is 95.0 cm³/mol. The molecule has 0 saturated carbocycles. The highest BCUT2D eigenvalue weighted by molar-refractivity contribution is 7.89. The first kappa shape index (κ1) is 16.6. The lowest BCUT2D eigenvalue weighted by molar-refractivity contribution is -0.384. The number of fused-ring (bicyclic) bond motifs is 1. The molecule has 8 heteroatoms. The van der Waals surface area contributed by atoms with Crippen LogP contribution in [0.4, 0.5) is 5.69 Å². The van der Waals surface area contributed by atoms with Crippen molar-refractivity contribution in [1.29, 1.82) is 0 Å². The Kier molecular flexibility index (Phi) is 4.44. The number of nitro benzene ring substituents is 1. The van der Waals surface area contributed by atoms with Gasteiger partial charge in [-0.05, 0) is 22.9 Å². The second-order valence-electron chi connectivity index (χ2n) is 5.21. The van der Waals surface area contributed by atoms with Gasteiger partial charge < -0.3 is 0 Å². The van der Waals surface area contributed by atoms with E-state index in [1.807, 2.05) is 24.3 Å². The summed E-state index contributed by atoms with van der Waals surface area (Å²) < 4.78 is 24.6. The molecule has 3 aromatic carbocycles. The third-order valence-corrected chi connectivity index (χ3v) is 4.72. The van der Waals surface area contributed by atoms with Crippen molar-refractivity contribution in [3.63, 3.8) is 0 Å². The molecule has 0 aromatic heterocycles. The number of rotatable bonds is 5. The number of hydrazone groups is 1. The SMILES string of the molecule is O=[N+]([O-])c1cccc(C=NNS(=O)(=O)c2ccc3ccccc3c2)c1. The quantitative estimate of drug-likeness (QED) is 0.432. The Morgan fingerprint density at radius 1 is 0.960 bits per heavy atom. The largest absolute Gasteiger partial charge is 0.276 e. The van der Waals surface area contributed by atoms with Gasteiger partial charge >= 0.3 is 0 Å². The maximum absolute atomic E-state index is 12.3. The minimum Gasteiger partial charge on any atom is -0.258 e. The molecule has 0 saturated heterocycles. The van der Waals surface area contributed by atoms with Crippen molar-refractivity contribution in [2.24, 2.45) is 5.10 Å². The van der Waals surface area contributed by atoms with E-state index in [0.717, 1.165) is 10.8 Å². The lowest BCUT2D eigenvalue weighted by atomic mass is 10.1. The van der Waals surface area contributed by atoms with Crippen molar-refractivity contribution >= 4 is 32.7 Å². The molecule has 0 unspecified atom stereocenters. The molecule has 3 aromatic rings. The number of benzene rings is 3. The number of nitro groups is 1. The van der Waals surface area contributed by atoms with E-state index in [1.54, 1.807) is 18.2 Å². The van der Waals surface area contributed by atoms with Gasteiger partial charge in [-0.3, -0.25) is 10.1 Å². The van der Waals surface area contributed by atoms with Crippen LogP contribution in [0.5, 0.6) is 0 Å². The monoisotopic (exact) mass is 355 g/mol. The Labute approximate surface area is 143 Å². The van der Waals surface area contributed by atoms with Crippen LogP contribution in [0, 0.1) is 10.1 Å². The molecule has 0 bridgehead atoms. The topological polar surface area (TPSA) is 102 Å². The zero-order valence-corrected chi connectivity index (χ0v) is 13.7. The summed E-state index contributed by atoms with van der Waals surface area (Å²) in [6, 6.07) is 17.9. The second-order valence-corrected chi connectivity index (χ2v) is 6.87. The zero-order chi connectivity index (χ0) is 17.9. The number of hydrogen-bond donors (Lipinski definition) is 1. The van der Waals surface area contributed by atoms with Gasteiger partial charge in [0, 0.05) is 17.7 Å². The first-order valence-corrected chi connectivity index (χ1v) is 8.72. The van der Waals surface area contributed by atoms with Crippen molar-refractivity contribution in [1.82, 2.24) is 4.83 Å². The minimum absolute atomic E-state index is 0.0855. The summed E-state index contributed by atoms with van der Waals surface area (Å²) in [5, 5.41) is 16.1. The third-order valence-electron chi connectivity index (χ3n) is 3.50. The Morgan fingerprint density at radius 2 is 1.72 bits per heavy atom. The summed E-state index contributed by atoms with van der Waals surface area (Å²) in [6.07, 6.45) is 1.21. The normalized spacial score (nSPS) is 11.7. The Hall–Kier alpha value is -3.26. The summed E-state index contributed by atoms with van der Waals surface area (Å²) in [5.74, 6) is 0. The number of non-ortho nitro benzene ring substituents is 1. The van der Waals surface area contributed by atoms with Crippen LogP contribution in [0.1, 0.15) is 5.56 Å². The number of nitrogens with zero attached hydrogens (tertiary/aromatic N) is 2. The average molecular weight is 355 g/mol. The van der Waals surface area contributed by atoms with Crippen molar-refractivity contribution in [3.8, 4) is 0 Å². The van der Waals surface area contributed by atoms with Gasteiger partial charge in [0.1, 0.15) is 0 Å². The minimum atomic E-state index is -3.83. The standard InChI is InChI=1S/C17H13N3O4S/c21-20(22)16-7-3-4-13(10-16)12-18-19-25(23,24)17-9-8-14-5-1-2-6-15(14)11-17/h1-12,19H. The molecule has 0 radical (unpaired) electrons. The van der Waals surface area contributed by atoms with Crippen LogP contribution >= 0.6 is 0 Å². The van der Waals surface area contributed by atoms with Gasteiger partial charge in [0.15, 0.2) is 0 Å². The summed E-state index contributed by atoms with van der Waals surface area (Å²) >= 11 is 0. The van der Waals surface area contributed by atoms with E-state index in [0.29, 0.717) is 5.56 Å². The third kappa shape index (κ3) is 3.81. The van der Waals surface area contributed by atoms with E-state index in [1.165, 1.54) is 30.5 Å². The summed E-state index contributed by atoms with van der Waals surface area (Å²) in [6.45, 7) is 0. The maximum atomic E-state index is 12.3. The lowest BCUT2D eigenvalue weighted by Gasteiger charge is -2.05. The molecule has 0 atom stereocenters. The van der Waals surface area contributed by atoms with Gasteiger partial charge in [-0.25, -0.2) is 4.83 Å². The van der Waals surface area contributed by atoms with Gasteiger partial charge in [-0.2, -0.15) is 13.5 Å². The van der Waals surface area contributed by atoms with E-state index < -0.39 is 14.9 Å². The van der Waals surface area contributed by atoms with Gasteiger partial charge in [-0.15, -0.1) is 0 Å². The van der Waals surface area contributed by atoms with Crippen LogP contribution in [0.2, 0.25) is 0 Å². The number of hydrogen-bond acceptors (Lipinski definition) is 5. The molecule has 25 heavy (non-hydrogen) atoms. The number of nitrogens with one attached hydrogen (secondary N) is 1. The van der Waals surface area contributed by atoms with E-state index in [9.17, 15) is 18.5 Å². The summed E-state index contributed by atoms with van der Waals surface area (Å²) in [5.41, 5.74) is 0.316. The smallest absolute Gasteiger partial charge is 0.258 e. The van der Waals surface area contributed by atoms with Gasteiger partial charge in [0.05, 0.1) is 16.0 Å². The molecule has 0 aliphatic rings. The van der Waals surface area contributed by atoms with Gasteiger partial charge in [0.2, 0.25) is 0 Å². The Balaban J connectivity index is 1.81. The van der Waals surface area contributed by atoms with E-state index >= 15 is 0 Å². The molecule has 0 spiro atoms. The molecule has 126 valence electrons. The molecular weight excluding hydrogens is 342 g/mol. The average Bonchev–Trinajstić information content (AvgIpc) is 2.61. The number of sulfonamides is 1. The first-order valence-electron chi connectivity index (χ1n) is 7.24. The summed E-state index contributed by atoms with van der Waals surface area (Å²) in [7, 11) is -3.83. The molecule has 0 heterocycles. The van der Waals surface area contributed by atoms with E-state index in [4.69, 9.17) is 0 Å². The Morgan fingerprint density at radius 3 is 2.48 bits per heavy atom. The molecule has 3 rings (SSSR count). The van der Waals surface area contributed by atoms with Crippen LogP contribution in [0.25, 0.3) is 10.8 Å². The molecule has 0 fully saturated rings.